The highest BCUT2D eigenvalue weighted by Gasteiger charge is 2.19. The third-order valence-electron chi connectivity index (χ3n) is 3.10. The minimum absolute atomic E-state index is 0.0473. The normalized spacial score (nSPS) is 10.5. The van der Waals surface area contributed by atoms with Crippen molar-refractivity contribution in [1.29, 1.82) is 15.8 Å². The van der Waals surface area contributed by atoms with E-state index in [9.17, 15) is 20.6 Å². The molecule has 120 valence electrons. The van der Waals surface area contributed by atoms with Gasteiger partial charge in [-0.1, -0.05) is 30.3 Å². The van der Waals surface area contributed by atoms with E-state index in [0.717, 1.165) is 0 Å². The van der Waals surface area contributed by atoms with E-state index in [2.05, 4.69) is 0 Å². The van der Waals surface area contributed by atoms with Gasteiger partial charge in [0.25, 0.3) is 0 Å². The molecule has 0 saturated carbocycles. The zero-order valence-corrected chi connectivity index (χ0v) is 14.2. The molecule has 6 heteroatoms. The first-order valence-corrected chi connectivity index (χ1v) is 8.28. The van der Waals surface area contributed by atoms with Gasteiger partial charge in [-0.3, -0.25) is 0 Å². The second-order valence-electron chi connectivity index (χ2n) is 4.45. The summed E-state index contributed by atoms with van der Waals surface area (Å²) in [7, 11) is 0. The molecule has 1 aromatic carbocycles. The van der Waals surface area contributed by atoms with Crippen molar-refractivity contribution in [3.8, 4) is 18.2 Å². The van der Waals surface area contributed by atoms with E-state index in [1.807, 2.05) is 24.3 Å². The number of carbonyl (C=O) groups excluding carboxylic acids is 1. The van der Waals surface area contributed by atoms with Crippen LogP contribution in [0.5, 0.6) is 0 Å². The Kier molecular flexibility index (Phi) is 7.85. The minimum Gasteiger partial charge on any atom is -0.462 e. The molecule has 0 N–H and O–H groups in total. The first kappa shape index (κ1) is 19.0. The molecular weight excluding hydrogens is 322 g/mol. The summed E-state index contributed by atoms with van der Waals surface area (Å²) in [6.45, 7) is 1.82. The SMILES string of the molecule is CCOC(=O)/C(C#N)=C(\CC(=C(C#N)C#N)c1ccccc1)SC. The van der Waals surface area contributed by atoms with E-state index in [0.29, 0.717) is 16.0 Å². The molecule has 0 saturated heterocycles. The van der Waals surface area contributed by atoms with Gasteiger partial charge in [0.05, 0.1) is 6.61 Å². The first-order chi connectivity index (χ1) is 11.6. The van der Waals surface area contributed by atoms with Gasteiger partial charge in [-0.25, -0.2) is 4.79 Å². The van der Waals surface area contributed by atoms with Gasteiger partial charge in [-0.15, -0.1) is 11.8 Å². The average Bonchev–Trinajstić information content (AvgIpc) is 2.62. The molecule has 0 heterocycles. The highest BCUT2D eigenvalue weighted by atomic mass is 32.2. The molecule has 0 aliphatic carbocycles. The van der Waals surface area contributed by atoms with E-state index in [1.165, 1.54) is 11.8 Å². The number of nitriles is 3. The number of benzene rings is 1. The third kappa shape index (κ3) is 4.74. The van der Waals surface area contributed by atoms with Crippen molar-refractivity contribution < 1.29 is 9.53 Å². The van der Waals surface area contributed by atoms with Crippen LogP contribution in [-0.2, 0) is 9.53 Å². The van der Waals surface area contributed by atoms with Crippen molar-refractivity contribution in [2.24, 2.45) is 0 Å². The van der Waals surface area contributed by atoms with Crippen LogP contribution in [0, 0.1) is 34.0 Å². The minimum atomic E-state index is -0.702. The summed E-state index contributed by atoms with van der Waals surface area (Å²) in [6.07, 6.45) is 1.86. The predicted molar refractivity (Wildman–Crippen MR) is 92.0 cm³/mol. The summed E-state index contributed by atoms with van der Waals surface area (Å²) in [5.74, 6) is -0.702. The summed E-state index contributed by atoms with van der Waals surface area (Å²) in [4.78, 5) is 12.4. The summed E-state index contributed by atoms with van der Waals surface area (Å²) >= 11 is 1.22. The fourth-order valence-electron chi connectivity index (χ4n) is 1.98. The fraction of sp³-hybridized carbons (Fsp3) is 0.222. The Balaban J connectivity index is 3.45. The van der Waals surface area contributed by atoms with E-state index in [4.69, 9.17) is 4.74 Å². The number of nitrogens with zero attached hydrogens (tertiary/aromatic N) is 3. The van der Waals surface area contributed by atoms with Gasteiger partial charge in [0, 0.05) is 11.3 Å². The van der Waals surface area contributed by atoms with Crippen LogP contribution in [0.2, 0.25) is 0 Å². The van der Waals surface area contributed by atoms with Crippen LogP contribution >= 0.6 is 11.8 Å². The highest BCUT2D eigenvalue weighted by molar-refractivity contribution is 8.02. The van der Waals surface area contributed by atoms with Crippen LogP contribution in [0.1, 0.15) is 18.9 Å². The summed E-state index contributed by atoms with van der Waals surface area (Å²) < 4.78 is 4.90. The summed E-state index contributed by atoms with van der Waals surface area (Å²) in [5.41, 5.74) is 1.02. The van der Waals surface area contributed by atoms with Crippen molar-refractivity contribution in [3.05, 3.63) is 51.9 Å². The molecule has 1 rings (SSSR count). The van der Waals surface area contributed by atoms with Crippen LogP contribution in [0.25, 0.3) is 5.57 Å². The monoisotopic (exact) mass is 337 g/mol. The topological polar surface area (TPSA) is 97.7 Å². The number of hydrogen-bond acceptors (Lipinski definition) is 6. The number of ether oxygens (including phenoxy) is 1. The van der Waals surface area contributed by atoms with E-state index < -0.39 is 5.97 Å². The molecule has 0 atom stereocenters. The molecule has 24 heavy (non-hydrogen) atoms. The molecule has 0 amide bonds. The fourth-order valence-corrected chi connectivity index (χ4v) is 2.60. The number of hydrogen-bond donors (Lipinski definition) is 0. The molecule has 0 aliphatic heterocycles. The molecule has 0 aliphatic rings. The molecule has 0 fully saturated rings. The smallest absolute Gasteiger partial charge is 0.349 e. The van der Waals surface area contributed by atoms with Gasteiger partial charge < -0.3 is 4.74 Å². The van der Waals surface area contributed by atoms with Crippen molar-refractivity contribution in [2.75, 3.05) is 12.9 Å². The molecule has 0 radical (unpaired) electrons. The number of carbonyl (C=O) groups is 1. The third-order valence-corrected chi connectivity index (χ3v) is 3.94. The Hall–Kier alpha value is -3.01. The Bertz CT molecular complexity index is 774. The van der Waals surface area contributed by atoms with Gasteiger partial charge in [0.1, 0.15) is 29.4 Å². The highest BCUT2D eigenvalue weighted by Crippen LogP contribution is 2.32. The van der Waals surface area contributed by atoms with E-state index in [1.54, 1.807) is 37.4 Å². The lowest BCUT2D eigenvalue weighted by Gasteiger charge is -2.12. The Morgan fingerprint density at radius 3 is 2.21 bits per heavy atom. The second-order valence-corrected chi connectivity index (χ2v) is 5.36. The zero-order valence-electron chi connectivity index (χ0n) is 13.4. The Labute approximate surface area is 145 Å². The summed E-state index contributed by atoms with van der Waals surface area (Å²) in [6, 6.07) is 14.6. The molecular formula is C18H15N3O2S. The maximum Gasteiger partial charge on any atom is 0.349 e. The van der Waals surface area contributed by atoms with E-state index in [-0.39, 0.29) is 24.2 Å². The Morgan fingerprint density at radius 1 is 1.12 bits per heavy atom. The van der Waals surface area contributed by atoms with Crippen LogP contribution < -0.4 is 0 Å². The molecule has 0 spiro atoms. The van der Waals surface area contributed by atoms with E-state index >= 15 is 0 Å². The zero-order chi connectivity index (χ0) is 17.9. The largest absolute Gasteiger partial charge is 0.462 e. The quantitative estimate of drug-likeness (QED) is 0.447. The van der Waals surface area contributed by atoms with Crippen LogP contribution in [0.3, 0.4) is 0 Å². The van der Waals surface area contributed by atoms with Crippen LogP contribution in [0.4, 0.5) is 0 Å². The second kappa shape index (κ2) is 9.90. The number of allylic oxidation sites excluding steroid dienone is 3. The molecule has 5 nitrogen and oxygen atoms in total. The van der Waals surface area contributed by atoms with Crippen LogP contribution in [0.15, 0.2) is 46.4 Å². The molecule has 0 bridgehead atoms. The summed E-state index contributed by atoms with van der Waals surface area (Å²) in [5, 5.41) is 27.7. The Morgan fingerprint density at radius 2 is 1.75 bits per heavy atom. The van der Waals surface area contributed by atoms with Gasteiger partial charge in [-0.05, 0) is 24.3 Å². The van der Waals surface area contributed by atoms with Crippen molar-refractivity contribution in [1.82, 2.24) is 0 Å². The van der Waals surface area contributed by atoms with Crippen LogP contribution in [-0.4, -0.2) is 18.8 Å². The first-order valence-electron chi connectivity index (χ1n) is 7.06. The van der Waals surface area contributed by atoms with Crippen molar-refractivity contribution >= 4 is 23.3 Å². The van der Waals surface area contributed by atoms with Gasteiger partial charge >= 0.3 is 5.97 Å². The molecule has 0 unspecified atom stereocenters. The van der Waals surface area contributed by atoms with Gasteiger partial charge in [0.15, 0.2) is 0 Å². The standard InChI is InChI=1S/C18H15N3O2S/c1-3-23-18(22)16(12-21)17(24-2)9-15(14(10-19)11-20)13-7-5-4-6-8-13/h4-8H,3,9H2,1-2H3/b17-16+. The molecule has 0 aromatic heterocycles. The predicted octanol–water partition coefficient (Wildman–Crippen LogP) is 3.58. The number of rotatable bonds is 6. The van der Waals surface area contributed by atoms with Gasteiger partial charge in [0.2, 0.25) is 0 Å². The van der Waals surface area contributed by atoms with Gasteiger partial charge in [-0.2, -0.15) is 15.8 Å². The number of thioether (sulfide) groups is 1. The molecule has 1 aromatic rings. The average molecular weight is 337 g/mol. The maximum atomic E-state index is 11.9. The lowest BCUT2D eigenvalue weighted by atomic mass is 9.96. The lowest BCUT2D eigenvalue weighted by molar-refractivity contribution is -0.138. The van der Waals surface area contributed by atoms with Crippen molar-refractivity contribution in [2.45, 2.75) is 13.3 Å². The van der Waals surface area contributed by atoms with Crippen molar-refractivity contribution in [3.63, 3.8) is 0 Å². The number of esters is 1. The maximum absolute atomic E-state index is 11.9. The lowest BCUT2D eigenvalue weighted by Crippen LogP contribution is -2.08.